The topological polar surface area (TPSA) is 99.8 Å². The molecule has 2 N–H and O–H groups in total. The number of likely N-dealkylation sites (tertiary alicyclic amines) is 1. The second-order valence-corrected chi connectivity index (χ2v) is 8.42. The number of nitrogens with one attached hydrogen (secondary N) is 2. The van der Waals surface area contributed by atoms with E-state index in [2.05, 4.69) is 32.9 Å². The average Bonchev–Trinajstić information content (AvgIpc) is 3.47. The Morgan fingerprint density at radius 3 is 2.45 bits per heavy atom. The van der Waals surface area contributed by atoms with Crippen LogP contribution in [-0.4, -0.2) is 54.0 Å². The van der Waals surface area contributed by atoms with Crippen molar-refractivity contribution < 1.29 is 14.1 Å². The number of aromatic nitrogens is 1. The van der Waals surface area contributed by atoms with E-state index in [1.165, 1.54) is 4.90 Å². The number of rotatable bonds is 8. The first-order chi connectivity index (χ1) is 14.5. The molecule has 1 saturated heterocycles. The highest BCUT2D eigenvalue weighted by Gasteiger charge is 2.58. The van der Waals surface area contributed by atoms with Crippen LogP contribution < -0.4 is 10.6 Å². The van der Waals surface area contributed by atoms with E-state index < -0.39 is 0 Å². The largest absolute Gasteiger partial charge is 0.361 e. The maximum Gasteiger partial charge on any atom is 0.233 e. The highest BCUT2D eigenvalue weighted by atomic mass is 127. The standard InChI is InChI=1S/C22H31N5O3.HI/c1-4-23-22(24-9-5-6-17-13(2)26-30-14(17)3)25-10-11-27-20(28)18-15-7-8-16(12-15)19(18)21(27)29;/h7-8,15-16,18-19H,4-6,9-12H2,1-3H3,(H2,23,24,25);1H. The fourth-order valence-corrected chi connectivity index (χ4v) is 5.12. The van der Waals surface area contributed by atoms with Crippen molar-refractivity contribution in [2.24, 2.45) is 28.7 Å². The number of fused-ring (bicyclic) bond motifs is 5. The molecule has 3 aliphatic rings. The van der Waals surface area contributed by atoms with Gasteiger partial charge in [0.05, 0.1) is 17.5 Å². The lowest BCUT2D eigenvalue weighted by atomic mass is 9.85. The SMILES string of the molecule is CCNC(=NCCCc1c(C)noc1C)NCCN1C(=O)C2C3C=CC(C3)C2C1=O.I. The van der Waals surface area contributed by atoms with E-state index >= 15 is 0 Å². The molecule has 1 saturated carbocycles. The number of guanidine groups is 1. The zero-order chi connectivity index (χ0) is 21.3. The minimum atomic E-state index is -0.126. The molecule has 4 rings (SSSR count). The smallest absolute Gasteiger partial charge is 0.233 e. The van der Waals surface area contributed by atoms with Crippen LogP contribution in [-0.2, 0) is 16.0 Å². The van der Waals surface area contributed by atoms with Crippen LogP contribution in [0.5, 0.6) is 0 Å². The van der Waals surface area contributed by atoms with Crippen molar-refractivity contribution in [1.29, 1.82) is 0 Å². The van der Waals surface area contributed by atoms with Crippen LogP contribution in [0.2, 0.25) is 0 Å². The van der Waals surface area contributed by atoms with Crippen molar-refractivity contribution in [3.63, 3.8) is 0 Å². The first-order valence-corrected chi connectivity index (χ1v) is 11.0. The van der Waals surface area contributed by atoms with E-state index in [0.29, 0.717) is 25.6 Å². The van der Waals surface area contributed by atoms with Crippen LogP contribution in [0.4, 0.5) is 0 Å². The molecule has 1 aliphatic heterocycles. The minimum absolute atomic E-state index is 0. The molecule has 1 aromatic rings. The number of aliphatic imine (C=N–C) groups is 1. The number of hydrogen-bond donors (Lipinski definition) is 2. The molecule has 2 bridgehead atoms. The summed E-state index contributed by atoms with van der Waals surface area (Å²) < 4.78 is 5.20. The predicted molar refractivity (Wildman–Crippen MR) is 128 cm³/mol. The number of halogens is 1. The van der Waals surface area contributed by atoms with Gasteiger partial charge in [-0.05, 0) is 51.9 Å². The molecule has 2 aliphatic carbocycles. The first-order valence-electron chi connectivity index (χ1n) is 11.0. The summed E-state index contributed by atoms with van der Waals surface area (Å²) in [5, 5.41) is 10.5. The van der Waals surface area contributed by atoms with Gasteiger partial charge in [-0.25, -0.2) is 0 Å². The maximum atomic E-state index is 12.8. The summed E-state index contributed by atoms with van der Waals surface area (Å²) in [5.74, 6) is 1.84. The summed E-state index contributed by atoms with van der Waals surface area (Å²) in [4.78, 5) is 31.6. The number of hydrogen-bond acceptors (Lipinski definition) is 5. The molecule has 170 valence electrons. The fraction of sp³-hybridized carbons (Fsp3) is 0.636. The van der Waals surface area contributed by atoms with Gasteiger partial charge in [0.2, 0.25) is 11.8 Å². The second kappa shape index (κ2) is 10.1. The molecule has 0 aromatic carbocycles. The lowest BCUT2D eigenvalue weighted by molar-refractivity contribution is -0.140. The fourth-order valence-electron chi connectivity index (χ4n) is 5.12. The number of carbonyl (C=O) groups excluding carboxylic acids is 2. The molecule has 0 radical (unpaired) electrons. The van der Waals surface area contributed by atoms with Crippen LogP contribution in [0.1, 0.15) is 36.8 Å². The summed E-state index contributed by atoms with van der Waals surface area (Å²) in [6.45, 7) is 8.19. The monoisotopic (exact) mass is 541 g/mol. The lowest BCUT2D eigenvalue weighted by Gasteiger charge is -2.18. The van der Waals surface area contributed by atoms with E-state index in [1.807, 2.05) is 20.8 Å². The Kier molecular flexibility index (Phi) is 7.77. The molecule has 9 heteroatoms. The van der Waals surface area contributed by atoms with Crippen LogP contribution >= 0.6 is 24.0 Å². The van der Waals surface area contributed by atoms with E-state index in [9.17, 15) is 9.59 Å². The molecule has 0 spiro atoms. The van der Waals surface area contributed by atoms with Crippen molar-refractivity contribution in [3.05, 3.63) is 29.2 Å². The molecule has 8 nitrogen and oxygen atoms in total. The van der Waals surface area contributed by atoms with Crippen molar-refractivity contribution in [3.8, 4) is 0 Å². The molecule has 2 amide bonds. The molecular weight excluding hydrogens is 509 g/mol. The Morgan fingerprint density at radius 1 is 1.19 bits per heavy atom. The third-order valence-corrected chi connectivity index (χ3v) is 6.57. The predicted octanol–water partition coefficient (Wildman–Crippen LogP) is 2.20. The number of allylic oxidation sites excluding steroid dienone is 2. The van der Waals surface area contributed by atoms with Gasteiger partial charge < -0.3 is 15.2 Å². The van der Waals surface area contributed by atoms with E-state index in [1.54, 1.807) is 0 Å². The van der Waals surface area contributed by atoms with Gasteiger partial charge in [0.15, 0.2) is 5.96 Å². The van der Waals surface area contributed by atoms with Gasteiger partial charge in [-0.3, -0.25) is 19.5 Å². The summed E-state index contributed by atoms with van der Waals surface area (Å²) in [6, 6.07) is 0. The Hall–Kier alpha value is -1.91. The maximum absolute atomic E-state index is 12.8. The minimum Gasteiger partial charge on any atom is -0.361 e. The third kappa shape index (κ3) is 4.65. The number of amides is 2. The quantitative estimate of drug-likeness (QED) is 0.131. The van der Waals surface area contributed by atoms with Gasteiger partial charge in [0, 0.05) is 31.7 Å². The van der Waals surface area contributed by atoms with E-state index in [0.717, 1.165) is 42.8 Å². The number of carbonyl (C=O) groups is 2. The molecule has 31 heavy (non-hydrogen) atoms. The Bertz CT molecular complexity index is 831. The van der Waals surface area contributed by atoms with Gasteiger partial charge in [-0.1, -0.05) is 17.3 Å². The van der Waals surface area contributed by atoms with E-state index in [4.69, 9.17) is 4.52 Å². The van der Waals surface area contributed by atoms with Crippen LogP contribution in [0.25, 0.3) is 0 Å². The summed E-state index contributed by atoms with van der Waals surface area (Å²) in [7, 11) is 0. The first kappa shape index (κ1) is 23.7. The van der Waals surface area contributed by atoms with Gasteiger partial charge in [-0.15, -0.1) is 24.0 Å². The summed E-state index contributed by atoms with van der Waals surface area (Å²) >= 11 is 0. The van der Waals surface area contributed by atoms with Crippen LogP contribution in [0.3, 0.4) is 0 Å². The van der Waals surface area contributed by atoms with Gasteiger partial charge in [-0.2, -0.15) is 0 Å². The highest BCUT2D eigenvalue weighted by molar-refractivity contribution is 14.0. The van der Waals surface area contributed by atoms with Crippen LogP contribution in [0.15, 0.2) is 21.7 Å². The zero-order valence-electron chi connectivity index (χ0n) is 18.4. The van der Waals surface area contributed by atoms with Crippen LogP contribution in [0, 0.1) is 37.5 Å². The number of imide groups is 1. The highest BCUT2D eigenvalue weighted by Crippen LogP contribution is 2.52. The zero-order valence-corrected chi connectivity index (χ0v) is 20.7. The lowest BCUT2D eigenvalue weighted by Crippen LogP contribution is -2.43. The van der Waals surface area contributed by atoms with Gasteiger partial charge >= 0.3 is 0 Å². The average molecular weight is 541 g/mol. The molecule has 4 atom stereocenters. The Balaban J connectivity index is 0.00000272. The number of nitrogens with zero attached hydrogens (tertiary/aromatic N) is 3. The van der Waals surface area contributed by atoms with Crippen molar-refractivity contribution in [2.75, 3.05) is 26.2 Å². The molecular formula is C22H32IN5O3. The molecule has 4 unspecified atom stereocenters. The van der Waals surface area contributed by atoms with Crippen molar-refractivity contribution in [1.82, 2.24) is 20.7 Å². The molecule has 1 aromatic heterocycles. The second-order valence-electron chi connectivity index (χ2n) is 8.42. The Morgan fingerprint density at radius 2 is 1.87 bits per heavy atom. The normalized spacial score (nSPS) is 26.4. The third-order valence-electron chi connectivity index (χ3n) is 6.57. The van der Waals surface area contributed by atoms with Crippen molar-refractivity contribution >= 4 is 41.8 Å². The van der Waals surface area contributed by atoms with E-state index in [-0.39, 0.29) is 59.5 Å². The number of aryl methyl sites for hydroxylation is 2. The van der Waals surface area contributed by atoms with Gasteiger partial charge in [0.25, 0.3) is 0 Å². The summed E-state index contributed by atoms with van der Waals surface area (Å²) in [5.41, 5.74) is 2.10. The summed E-state index contributed by atoms with van der Waals surface area (Å²) in [6.07, 6.45) is 6.97. The Labute approximate surface area is 200 Å². The van der Waals surface area contributed by atoms with Gasteiger partial charge in [0.1, 0.15) is 5.76 Å². The molecule has 2 heterocycles. The molecule has 2 fully saturated rings. The van der Waals surface area contributed by atoms with Crippen molar-refractivity contribution in [2.45, 2.75) is 40.0 Å².